The predicted molar refractivity (Wildman–Crippen MR) is 514 cm³/mol. The Morgan fingerprint density at radius 2 is 0.735 bits per heavy atom. The third-order valence-electron chi connectivity index (χ3n) is 27.6. The number of fused-ring (bicyclic) bond motifs is 6. The van der Waals surface area contributed by atoms with Crippen LogP contribution in [-0.2, 0) is 26.2 Å². The molecule has 11 heterocycles. The molecule has 35 heteroatoms. The lowest BCUT2D eigenvalue weighted by atomic mass is 9.91. The smallest absolute Gasteiger partial charge is 0.251 e. The molecule has 6 N–H and O–H groups in total. The zero-order valence-electron chi connectivity index (χ0n) is 78.7. The predicted octanol–water partition coefficient (Wildman–Crippen LogP) is 15.0. The van der Waals surface area contributed by atoms with Gasteiger partial charge in [-0.25, -0.2) is 29.4 Å². The summed E-state index contributed by atoms with van der Waals surface area (Å²) in [5.74, 6) is 6.21. The number of nitrogens with one attached hydrogen (secondary N) is 6. The van der Waals surface area contributed by atoms with Gasteiger partial charge < -0.3 is 80.6 Å². The molecule has 6 amide bonds. The van der Waals surface area contributed by atoms with E-state index in [0.717, 1.165) is 152 Å². The summed E-state index contributed by atoms with van der Waals surface area (Å²) in [4.78, 5) is 136. The number of carbonyl (C=O) groups is 6. The van der Waals surface area contributed by atoms with E-state index in [9.17, 15) is 28.8 Å². The number of hydrogen-bond acceptors (Lipinski definition) is 27. The van der Waals surface area contributed by atoms with Gasteiger partial charge in [0.2, 0.25) is 47.4 Å². The Balaban J connectivity index is 0.000000123. The van der Waals surface area contributed by atoms with E-state index in [2.05, 4.69) is 86.6 Å². The Hall–Kier alpha value is -13.1. The average molecular weight is 1800 g/mol. The average Bonchev–Trinajstić information content (AvgIpc) is 1.63. The minimum atomic E-state index is -0.537. The summed E-state index contributed by atoms with van der Waals surface area (Å²) >= 11 is 0. The molecule has 0 radical (unpaired) electrons. The number of carbonyl (C=O) groups excluding carboxylic acids is 6. The third-order valence-corrected chi connectivity index (χ3v) is 27.6. The van der Waals surface area contributed by atoms with Gasteiger partial charge in [0.1, 0.15) is 46.1 Å². The van der Waals surface area contributed by atoms with Gasteiger partial charge in [-0.05, 0) is 193 Å². The Morgan fingerprint density at radius 1 is 0.394 bits per heavy atom. The molecule has 4 aliphatic heterocycles. The van der Waals surface area contributed by atoms with Gasteiger partial charge in [-0.2, -0.15) is 30.1 Å². The summed E-state index contributed by atoms with van der Waals surface area (Å²) < 4.78 is 14.7. The number of rotatable bonds is 18. The van der Waals surface area contributed by atoms with Crippen LogP contribution in [0.25, 0.3) is 16.6 Å². The van der Waals surface area contributed by atoms with E-state index in [1.165, 1.54) is 57.7 Å². The minimum absolute atomic E-state index is 0.0605. The highest BCUT2D eigenvalue weighted by atomic mass is 16.5. The van der Waals surface area contributed by atoms with Gasteiger partial charge in [0.05, 0.1) is 83.4 Å². The van der Waals surface area contributed by atoms with Crippen LogP contribution in [-0.4, -0.2) is 205 Å². The Bertz CT molecular complexity index is 5980. The van der Waals surface area contributed by atoms with Crippen LogP contribution >= 0.6 is 0 Å². The van der Waals surface area contributed by atoms with Gasteiger partial charge in [0.25, 0.3) is 11.8 Å². The van der Waals surface area contributed by atoms with Crippen LogP contribution in [0.15, 0.2) is 110 Å². The number of anilines is 16. The lowest BCUT2D eigenvalue weighted by Gasteiger charge is -2.34. The number of amides is 6. The topological polar surface area (TPSA) is 370 Å². The van der Waals surface area contributed by atoms with E-state index in [-0.39, 0.29) is 47.5 Å². The zero-order valence-corrected chi connectivity index (χ0v) is 78.7. The fourth-order valence-electron chi connectivity index (χ4n) is 20.0. The van der Waals surface area contributed by atoms with Crippen molar-refractivity contribution in [3.05, 3.63) is 121 Å². The highest BCUT2D eigenvalue weighted by Gasteiger charge is 2.47. The van der Waals surface area contributed by atoms with E-state index in [1.807, 2.05) is 131 Å². The van der Waals surface area contributed by atoms with Crippen molar-refractivity contribution in [2.45, 2.75) is 226 Å². The Morgan fingerprint density at radius 3 is 1.08 bits per heavy atom. The maximum absolute atomic E-state index is 13.2. The van der Waals surface area contributed by atoms with Gasteiger partial charge in [0.15, 0.2) is 28.9 Å². The number of benzene rings is 3. The number of aromatic nitrogens is 13. The van der Waals surface area contributed by atoms with Gasteiger partial charge in [0, 0.05) is 127 Å². The monoisotopic (exact) mass is 1800 g/mol. The zero-order chi connectivity index (χ0) is 92.8. The first-order chi connectivity index (χ1) is 63.3. The summed E-state index contributed by atoms with van der Waals surface area (Å²) in [6.07, 6.45) is 36.1. The normalized spacial score (nSPS) is 19.5. The summed E-state index contributed by atoms with van der Waals surface area (Å²) in [6, 6.07) is 22.5. The lowest BCUT2D eigenvalue weighted by Crippen LogP contribution is -2.45. The van der Waals surface area contributed by atoms with Crippen molar-refractivity contribution < 1.29 is 38.2 Å². The largest absolute Gasteiger partial charge is 0.495 e. The molecular weight excluding hydrogens is 1670 g/mol. The van der Waals surface area contributed by atoms with E-state index in [1.54, 1.807) is 106 Å². The standard InChI is InChI=1S/C27H36N6O3.C26H34N6O3.C23H29N7O.C21H26N8O/c1-27(2)16-33(19-10-5-6-11-19)23-21(32(3)25(27)35)15-28-26(31-23)30-20-13-12-17(14-22(20)36-4)24(34)29-18-8-7-9-18;1-26(2)15-32(18-7-5-6-8-18)22-20(31(3)24(26)34)14-27-25(30-22)29-19-12-9-16(13-21(19)35-4)23(33)28-17-10-11-17;1-23(2)14-30(16-9-5-6-10-16)20-18(29(4)21(23)31)12-24-22(26-20)25-17-11-7-8-15-13-28(3)27-19(15)17;1-21(2)12-28(14-7-4-5-8-14)18-16(27(3)19(21)30)11-22-20(26-18)25-15-9-6-10-29-17(15)23-13-24-29/h12-15,18-19H,5-11,16H2,1-4H3,(H,29,34)(H,28,30,31);9,12-14,17-18H,5-8,10-11,15H2,1-4H3,(H,28,33)(H,27,29,30);7-8,11-13,16H,5-6,9-10,14H2,1-4H3,(H,24,25,26);6,9-11,13-14H,4-5,7-8,12H2,1-3H3,(H,22,25,26). The molecule has 7 aromatic heterocycles. The summed E-state index contributed by atoms with van der Waals surface area (Å²) in [6.45, 7) is 18.6. The first-order valence-electron chi connectivity index (χ1n) is 46.7. The minimum Gasteiger partial charge on any atom is -0.495 e. The number of methoxy groups -OCH3 is 2. The van der Waals surface area contributed by atoms with Crippen molar-refractivity contribution in [3.63, 3.8) is 0 Å². The molecule has 0 unspecified atom stereocenters. The fourth-order valence-corrected chi connectivity index (χ4v) is 20.0. The molecule has 132 heavy (non-hydrogen) atoms. The second-order valence-corrected chi connectivity index (χ2v) is 39.5. The van der Waals surface area contributed by atoms with Gasteiger partial charge in [-0.3, -0.25) is 33.4 Å². The Labute approximate surface area is 770 Å². The maximum atomic E-state index is 13.2. The molecular formula is C97H125N27O8. The van der Waals surface area contributed by atoms with Crippen molar-refractivity contribution in [2.75, 3.05) is 129 Å². The molecule has 6 saturated carbocycles. The number of aryl methyl sites for hydroxylation is 1. The summed E-state index contributed by atoms with van der Waals surface area (Å²) in [7, 11) is 12.3. The SMILES string of the molecule is CN1C(=O)C(C)(C)CN(C2CCCC2)c2nc(Nc3cccc4cn(C)nc34)ncc21.CN1C(=O)C(C)(C)CN(C2CCCC2)c2nc(Nc3cccn4ncnc34)ncc21.COc1cc(C(=O)NC2CC2)ccc1Nc1ncc2c(n1)N(C1CCCC1)CC(C)(C)C(=O)N2C.COc1cc(C(=O)NC2CCC2)ccc1Nc1ncc2c(n1)N(C1CCCC1)CC(C)(C)C(=O)N2C. The van der Waals surface area contributed by atoms with Crippen molar-refractivity contribution in [1.29, 1.82) is 0 Å². The molecule has 10 aliphatic rings. The van der Waals surface area contributed by atoms with Crippen LogP contribution in [0.2, 0.25) is 0 Å². The molecule has 35 nitrogen and oxygen atoms in total. The van der Waals surface area contributed by atoms with Gasteiger partial charge in [-0.15, -0.1) is 0 Å². The van der Waals surface area contributed by atoms with Crippen LogP contribution in [0.1, 0.15) is 211 Å². The van der Waals surface area contributed by atoms with Crippen molar-refractivity contribution >= 4 is 145 Å². The Kier molecular flexibility index (Phi) is 25.6. The molecule has 6 aliphatic carbocycles. The molecule has 0 bridgehead atoms. The first kappa shape index (κ1) is 90.8. The van der Waals surface area contributed by atoms with Crippen LogP contribution in [0, 0.1) is 21.7 Å². The molecule has 0 atom stereocenters. The second-order valence-electron chi connectivity index (χ2n) is 39.5. The molecule has 3 aromatic carbocycles. The molecule has 10 aromatic rings. The van der Waals surface area contributed by atoms with E-state index < -0.39 is 21.7 Å². The molecule has 6 fully saturated rings. The van der Waals surface area contributed by atoms with Crippen molar-refractivity contribution in [1.82, 2.24) is 74.9 Å². The van der Waals surface area contributed by atoms with E-state index >= 15 is 0 Å². The highest BCUT2D eigenvalue weighted by molar-refractivity contribution is 6.05. The molecule has 20 rings (SSSR count). The molecule has 0 saturated heterocycles. The number of pyridine rings is 1. The van der Waals surface area contributed by atoms with E-state index in [0.29, 0.717) is 114 Å². The number of ether oxygens (including phenoxy) is 2. The van der Waals surface area contributed by atoms with Crippen molar-refractivity contribution in [2.24, 2.45) is 28.7 Å². The van der Waals surface area contributed by atoms with E-state index in [4.69, 9.17) is 29.4 Å². The quantitative estimate of drug-likeness (QED) is 0.0465. The second kappa shape index (κ2) is 37.3. The highest BCUT2D eigenvalue weighted by Crippen LogP contribution is 2.47. The van der Waals surface area contributed by atoms with Gasteiger partial charge >= 0.3 is 0 Å². The summed E-state index contributed by atoms with van der Waals surface area (Å²) in [5.41, 5.74) is 6.57. The van der Waals surface area contributed by atoms with Crippen LogP contribution in [0.5, 0.6) is 11.5 Å². The van der Waals surface area contributed by atoms with Crippen LogP contribution in [0.3, 0.4) is 0 Å². The molecule has 696 valence electrons. The number of nitrogens with zero attached hydrogens (tertiary/aromatic N) is 21. The maximum Gasteiger partial charge on any atom is 0.251 e. The summed E-state index contributed by atoms with van der Waals surface area (Å²) in [5, 5.41) is 29.0. The van der Waals surface area contributed by atoms with Gasteiger partial charge in [-0.1, -0.05) is 63.5 Å². The van der Waals surface area contributed by atoms with Crippen LogP contribution in [0.4, 0.5) is 92.6 Å². The lowest BCUT2D eigenvalue weighted by molar-refractivity contribution is -0.126. The van der Waals surface area contributed by atoms with Crippen LogP contribution < -0.4 is 80.6 Å². The van der Waals surface area contributed by atoms with Crippen molar-refractivity contribution in [3.8, 4) is 11.5 Å². The first-order valence-corrected chi connectivity index (χ1v) is 46.7. The third kappa shape index (κ3) is 18.9. The molecule has 0 spiro atoms. The fraction of sp³-hybridized carbons (Fsp3) is 0.515. The number of hydrogen-bond donors (Lipinski definition) is 6.